The van der Waals surface area contributed by atoms with Gasteiger partial charge in [0.05, 0.1) is 17.7 Å². The van der Waals surface area contributed by atoms with Gasteiger partial charge in [0.15, 0.2) is 0 Å². The van der Waals surface area contributed by atoms with Gasteiger partial charge in [0.25, 0.3) is 0 Å². The van der Waals surface area contributed by atoms with Gasteiger partial charge in [-0.1, -0.05) is 70.1 Å². The van der Waals surface area contributed by atoms with Gasteiger partial charge in [0.1, 0.15) is 5.75 Å². The van der Waals surface area contributed by atoms with Crippen molar-refractivity contribution in [1.29, 1.82) is 0 Å². The highest BCUT2D eigenvalue weighted by Crippen LogP contribution is 2.19. The number of aryl methyl sites for hydroxylation is 2. The molecule has 0 bridgehead atoms. The summed E-state index contributed by atoms with van der Waals surface area (Å²) in [5.74, 6) is -0.565. The van der Waals surface area contributed by atoms with Crippen molar-refractivity contribution >= 4 is 11.9 Å². The highest BCUT2D eigenvalue weighted by Gasteiger charge is 2.19. The Labute approximate surface area is 180 Å². The molecule has 4 heteroatoms. The molecule has 0 saturated heterocycles. The third-order valence-electron chi connectivity index (χ3n) is 5.00. The van der Waals surface area contributed by atoms with E-state index in [0.717, 1.165) is 24.0 Å². The van der Waals surface area contributed by atoms with Gasteiger partial charge in [-0.25, -0.2) is 9.59 Å². The van der Waals surface area contributed by atoms with E-state index in [9.17, 15) is 9.59 Å². The molecule has 0 aliphatic rings. The molecule has 30 heavy (non-hydrogen) atoms. The highest BCUT2D eigenvalue weighted by atomic mass is 16.5. The first-order valence-corrected chi connectivity index (χ1v) is 11.1. The minimum absolute atomic E-state index is 0.220. The maximum Gasteiger partial charge on any atom is 0.344 e. The highest BCUT2D eigenvalue weighted by molar-refractivity contribution is 6.03. The topological polar surface area (TPSA) is 52.6 Å². The van der Waals surface area contributed by atoms with Crippen molar-refractivity contribution in [1.82, 2.24) is 0 Å². The van der Waals surface area contributed by atoms with Crippen molar-refractivity contribution in [2.45, 2.75) is 72.1 Å². The Morgan fingerprint density at radius 2 is 1.27 bits per heavy atom. The van der Waals surface area contributed by atoms with Gasteiger partial charge in [-0.15, -0.1) is 0 Å². The number of hydrogen-bond donors (Lipinski definition) is 0. The SMILES string of the molecule is CCCCCCCCCCOC(=O)c1ccccc1C(=O)Oc1cc(C)cc(C)c1. The van der Waals surface area contributed by atoms with Crippen LogP contribution in [-0.4, -0.2) is 18.5 Å². The molecule has 0 saturated carbocycles. The number of benzene rings is 2. The Hall–Kier alpha value is -2.62. The minimum Gasteiger partial charge on any atom is -0.462 e. The van der Waals surface area contributed by atoms with Crippen LogP contribution in [0.1, 0.15) is 90.1 Å². The van der Waals surface area contributed by atoms with Crippen LogP contribution >= 0.6 is 0 Å². The first kappa shape index (κ1) is 23.7. The van der Waals surface area contributed by atoms with Crippen LogP contribution in [0.25, 0.3) is 0 Å². The molecule has 2 aromatic rings. The minimum atomic E-state index is -0.556. The molecule has 0 aliphatic heterocycles. The average Bonchev–Trinajstić information content (AvgIpc) is 2.71. The van der Waals surface area contributed by atoms with Crippen LogP contribution in [0.2, 0.25) is 0 Å². The summed E-state index contributed by atoms with van der Waals surface area (Å²) in [6.07, 6.45) is 9.45. The standard InChI is InChI=1S/C26H34O4/c1-4-5-6-7-8-9-10-13-16-29-25(27)23-14-11-12-15-24(23)26(28)30-22-18-20(2)17-21(3)19-22/h11-12,14-15,17-19H,4-10,13,16H2,1-3H3. The van der Waals surface area contributed by atoms with E-state index >= 15 is 0 Å². The average molecular weight is 411 g/mol. The summed E-state index contributed by atoms with van der Waals surface area (Å²) in [5, 5.41) is 0. The molecule has 2 aromatic carbocycles. The quantitative estimate of drug-likeness (QED) is 0.219. The van der Waals surface area contributed by atoms with E-state index in [0.29, 0.717) is 12.4 Å². The van der Waals surface area contributed by atoms with E-state index in [1.807, 2.05) is 19.9 Å². The van der Waals surface area contributed by atoms with Gasteiger partial charge in [-0.05, 0) is 55.7 Å². The van der Waals surface area contributed by atoms with Crippen molar-refractivity contribution in [3.05, 3.63) is 64.7 Å². The molecule has 0 spiro atoms. The molecular formula is C26H34O4. The van der Waals surface area contributed by atoms with E-state index < -0.39 is 11.9 Å². The Kier molecular flexibility index (Phi) is 10.1. The number of carbonyl (C=O) groups excluding carboxylic acids is 2. The lowest BCUT2D eigenvalue weighted by Gasteiger charge is -2.10. The van der Waals surface area contributed by atoms with Crippen LogP contribution in [0.15, 0.2) is 42.5 Å². The fourth-order valence-corrected chi connectivity index (χ4v) is 3.47. The zero-order chi connectivity index (χ0) is 21.8. The number of hydrogen-bond acceptors (Lipinski definition) is 4. The second kappa shape index (κ2) is 12.8. The van der Waals surface area contributed by atoms with Crippen LogP contribution in [0, 0.1) is 13.8 Å². The molecular weight excluding hydrogens is 376 g/mol. The molecule has 0 radical (unpaired) electrons. The first-order valence-electron chi connectivity index (χ1n) is 11.1. The van der Waals surface area contributed by atoms with Crippen molar-refractivity contribution in [2.75, 3.05) is 6.61 Å². The molecule has 4 nitrogen and oxygen atoms in total. The largest absolute Gasteiger partial charge is 0.462 e. The Morgan fingerprint density at radius 1 is 0.733 bits per heavy atom. The van der Waals surface area contributed by atoms with Crippen LogP contribution in [0.5, 0.6) is 5.75 Å². The van der Waals surface area contributed by atoms with Gasteiger partial charge >= 0.3 is 11.9 Å². The monoisotopic (exact) mass is 410 g/mol. The van der Waals surface area contributed by atoms with Gasteiger partial charge in [0.2, 0.25) is 0 Å². The zero-order valence-electron chi connectivity index (χ0n) is 18.5. The van der Waals surface area contributed by atoms with Gasteiger partial charge in [-0.2, -0.15) is 0 Å². The molecule has 0 N–H and O–H groups in total. The van der Waals surface area contributed by atoms with E-state index in [1.165, 1.54) is 38.5 Å². The Bertz CT molecular complexity index is 805. The summed E-state index contributed by atoms with van der Waals surface area (Å²) in [6.45, 7) is 6.48. The van der Waals surface area contributed by atoms with Gasteiger partial charge in [-0.3, -0.25) is 0 Å². The van der Waals surface area contributed by atoms with Crippen molar-refractivity contribution in [3.8, 4) is 5.75 Å². The van der Waals surface area contributed by atoms with Gasteiger partial charge < -0.3 is 9.47 Å². The summed E-state index contributed by atoms with van der Waals surface area (Å²) in [7, 11) is 0. The second-order valence-electron chi connectivity index (χ2n) is 7.87. The summed E-state index contributed by atoms with van der Waals surface area (Å²) in [5.41, 5.74) is 2.48. The maximum absolute atomic E-state index is 12.7. The lowest BCUT2D eigenvalue weighted by molar-refractivity contribution is 0.0489. The number of unbranched alkanes of at least 4 members (excludes halogenated alkanes) is 7. The number of rotatable bonds is 12. The van der Waals surface area contributed by atoms with E-state index in [1.54, 1.807) is 36.4 Å². The molecule has 162 valence electrons. The predicted octanol–water partition coefficient (Wildman–Crippen LogP) is 6.82. The second-order valence-corrected chi connectivity index (χ2v) is 7.87. The molecule has 0 fully saturated rings. The Balaban J connectivity index is 1.85. The van der Waals surface area contributed by atoms with Crippen LogP contribution in [0.3, 0.4) is 0 Å². The third kappa shape index (κ3) is 8.02. The Morgan fingerprint density at radius 3 is 1.87 bits per heavy atom. The molecule has 0 amide bonds. The molecule has 0 unspecified atom stereocenters. The smallest absolute Gasteiger partial charge is 0.344 e. The summed E-state index contributed by atoms with van der Waals surface area (Å²) < 4.78 is 10.9. The normalized spacial score (nSPS) is 10.6. The van der Waals surface area contributed by atoms with Crippen molar-refractivity contribution in [3.63, 3.8) is 0 Å². The van der Waals surface area contributed by atoms with Crippen molar-refractivity contribution in [2.24, 2.45) is 0 Å². The van der Waals surface area contributed by atoms with Crippen LogP contribution in [0.4, 0.5) is 0 Å². The number of carbonyl (C=O) groups is 2. The molecule has 0 aliphatic carbocycles. The third-order valence-corrected chi connectivity index (χ3v) is 5.00. The summed E-state index contributed by atoms with van der Waals surface area (Å²) >= 11 is 0. The fraction of sp³-hybridized carbons (Fsp3) is 0.462. The first-order chi connectivity index (χ1) is 14.5. The maximum atomic E-state index is 12.7. The van der Waals surface area contributed by atoms with Crippen molar-refractivity contribution < 1.29 is 19.1 Å². The van der Waals surface area contributed by atoms with Gasteiger partial charge in [0, 0.05) is 0 Å². The lowest BCUT2D eigenvalue weighted by Crippen LogP contribution is -2.16. The van der Waals surface area contributed by atoms with Crippen LogP contribution < -0.4 is 4.74 Å². The van der Waals surface area contributed by atoms with E-state index in [-0.39, 0.29) is 11.1 Å². The number of esters is 2. The van der Waals surface area contributed by atoms with E-state index in [2.05, 4.69) is 6.92 Å². The summed E-state index contributed by atoms with van der Waals surface area (Å²) in [6, 6.07) is 12.2. The fourth-order valence-electron chi connectivity index (χ4n) is 3.47. The predicted molar refractivity (Wildman–Crippen MR) is 120 cm³/mol. The molecule has 0 heterocycles. The molecule has 0 atom stereocenters. The van der Waals surface area contributed by atoms with Crippen LogP contribution in [-0.2, 0) is 4.74 Å². The summed E-state index contributed by atoms with van der Waals surface area (Å²) in [4.78, 5) is 25.2. The zero-order valence-corrected chi connectivity index (χ0v) is 18.5. The molecule has 2 rings (SSSR count). The number of ether oxygens (including phenoxy) is 2. The molecule has 0 aromatic heterocycles. The lowest BCUT2D eigenvalue weighted by atomic mass is 10.1. The van der Waals surface area contributed by atoms with E-state index in [4.69, 9.17) is 9.47 Å².